The molecule has 0 bridgehead atoms. The van der Waals surface area contributed by atoms with Gasteiger partial charge in [0, 0.05) is 12.1 Å². The zero-order valence-electron chi connectivity index (χ0n) is 8.16. The summed E-state index contributed by atoms with van der Waals surface area (Å²) in [6, 6.07) is 1.98. The largest absolute Gasteiger partial charge is 0.504 e. The predicted octanol–water partition coefficient (Wildman–Crippen LogP) is 2.11. The van der Waals surface area contributed by atoms with Crippen LogP contribution in [-0.4, -0.2) is 15.0 Å². The molecule has 8 nitrogen and oxygen atoms in total. The molecule has 0 atom stereocenters. The Morgan fingerprint density at radius 3 is 2.53 bits per heavy atom. The van der Waals surface area contributed by atoms with Gasteiger partial charge in [0.1, 0.15) is 0 Å². The van der Waals surface area contributed by atoms with E-state index in [0.717, 1.165) is 18.3 Å². The fourth-order valence-electron chi connectivity index (χ4n) is 0.988. The highest BCUT2D eigenvalue weighted by molar-refractivity contribution is 6.32. The van der Waals surface area contributed by atoms with Gasteiger partial charge in [-0.05, 0) is 0 Å². The second-order valence-corrected chi connectivity index (χ2v) is 3.23. The summed E-state index contributed by atoms with van der Waals surface area (Å²) >= 11 is 5.55. The molecule has 0 saturated heterocycles. The maximum atomic E-state index is 10.5. The molecule has 0 heterocycles. The summed E-state index contributed by atoms with van der Waals surface area (Å²) in [7, 11) is 0. The third-order valence-corrected chi connectivity index (χ3v) is 1.98. The molecular weight excluding hydrogens is 254 g/mol. The summed E-state index contributed by atoms with van der Waals surface area (Å²) < 4.78 is 0. The Hall–Kier alpha value is -2.35. The van der Waals surface area contributed by atoms with Crippen molar-refractivity contribution < 1.29 is 15.0 Å². The highest BCUT2D eigenvalue weighted by Gasteiger charge is 2.14. The fraction of sp³-hybridized carbons (Fsp3) is 0. The Morgan fingerprint density at radius 1 is 1.35 bits per heavy atom. The van der Waals surface area contributed by atoms with Gasteiger partial charge in [0.15, 0.2) is 5.75 Å². The molecule has 1 rings (SSSR count). The lowest BCUT2D eigenvalue weighted by molar-refractivity contribution is -0.402. The Balaban J connectivity index is 3.05. The number of halogens is 1. The zero-order chi connectivity index (χ0) is 13.0. The number of nitro benzene ring substituents is 1. The minimum absolute atomic E-state index is 0.0951. The van der Waals surface area contributed by atoms with E-state index in [1.54, 1.807) is 0 Å². The Bertz CT molecular complexity index is 502. The second kappa shape index (κ2) is 5.12. The number of anilines is 1. The quantitative estimate of drug-likeness (QED) is 0.485. The monoisotopic (exact) mass is 259 g/mol. The first-order chi connectivity index (χ1) is 7.91. The van der Waals surface area contributed by atoms with E-state index in [0.29, 0.717) is 6.20 Å². The van der Waals surface area contributed by atoms with Crippen molar-refractivity contribution >= 4 is 23.0 Å². The van der Waals surface area contributed by atoms with E-state index in [4.69, 9.17) is 11.6 Å². The molecule has 0 aromatic heterocycles. The number of non-ortho nitro benzene ring substituents is 1. The maximum Gasteiger partial charge on any atom is 0.273 e. The number of aromatic hydroxyl groups is 1. The van der Waals surface area contributed by atoms with Gasteiger partial charge in [-0.3, -0.25) is 20.2 Å². The van der Waals surface area contributed by atoms with Crippen molar-refractivity contribution in [1.29, 1.82) is 0 Å². The summed E-state index contributed by atoms with van der Waals surface area (Å²) in [5.41, 5.74) is -0.438. The second-order valence-electron chi connectivity index (χ2n) is 2.83. The molecule has 0 amide bonds. The molecule has 90 valence electrons. The number of nitro groups is 2. The number of benzene rings is 1. The number of hydrogen-bond donors (Lipinski definition) is 2. The molecule has 0 aliphatic rings. The molecule has 1 aromatic carbocycles. The van der Waals surface area contributed by atoms with Crippen LogP contribution in [0.4, 0.5) is 11.4 Å². The summed E-state index contributed by atoms with van der Waals surface area (Å²) in [6.07, 6.45) is 1.49. The van der Waals surface area contributed by atoms with E-state index in [9.17, 15) is 25.3 Å². The highest BCUT2D eigenvalue weighted by Crippen LogP contribution is 2.35. The van der Waals surface area contributed by atoms with Gasteiger partial charge in [-0.25, -0.2) is 0 Å². The van der Waals surface area contributed by atoms with Crippen LogP contribution in [0.15, 0.2) is 24.5 Å². The standard InChI is InChI=1S/C8H6ClN3O5/c9-6-3-5(12(16)17)4-7(8(6)13)10-1-2-11(14)15/h1-4,10,13H/b2-1+. The number of phenols is 1. The molecule has 0 aliphatic heterocycles. The molecule has 0 aliphatic carbocycles. The van der Waals surface area contributed by atoms with Gasteiger partial charge >= 0.3 is 0 Å². The minimum atomic E-state index is -0.733. The van der Waals surface area contributed by atoms with Crippen LogP contribution in [0.5, 0.6) is 5.75 Å². The van der Waals surface area contributed by atoms with Crippen molar-refractivity contribution in [2.45, 2.75) is 0 Å². The van der Waals surface area contributed by atoms with Crippen LogP contribution < -0.4 is 5.32 Å². The van der Waals surface area contributed by atoms with Crippen LogP contribution >= 0.6 is 11.6 Å². The topological polar surface area (TPSA) is 119 Å². The van der Waals surface area contributed by atoms with Crippen molar-refractivity contribution in [3.63, 3.8) is 0 Å². The first kappa shape index (κ1) is 12.7. The first-order valence-electron chi connectivity index (χ1n) is 4.15. The summed E-state index contributed by atoms with van der Waals surface area (Å²) in [5.74, 6) is -0.426. The van der Waals surface area contributed by atoms with Gasteiger partial charge in [-0.15, -0.1) is 0 Å². The van der Waals surface area contributed by atoms with Crippen LogP contribution in [0.25, 0.3) is 0 Å². The Labute approximate surface area is 99.4 Å². The van der Waals surface area contributed by atoms with Crippen LogP contribution in [0, 0.1) is 20.2 Å². The van der Waals surface area contributed by atoms with Crippen LogP contribution in [0.1, 0.15) is 0 Å². The van der Waals surface area contributed by atoms with E-state index >= 15 is 0 Å². The van der Waals surface area contributed by atoms with E-state index in [-0.39, 0.29) is 16.4 Å². The molecule has 9 heteroatoms. The van der Waals surface area contributed by atoms with Gasteiger partial charge in [-0.1, -0.05) is 11.6 Å². The van der Waals surface area contributed by atoms with Crippen LogP contribution in [0.2, 0.25) is 5.02 Å². The van der Waals surface area contributed by atoms with E-state index in [1.807, 2.05) is 0 Å². The molecular formula is C8H6ClN3O5. The Kier molecular flexibility index (Phi) is 3.83. The SMILES string of the molecule is O=[N+]([O-])/C=C/Nc1cc([N+](=O)[O-])cc(Cl)c1O. The van der Waals surface area contributed by atoms with Crippen molar-refractivity contribution in [3.05, 3.63) is 49.8 Å². The minimum Gasteiger partial charge on any atom is -0.504 e. The summed E-state index contributed by atoms with van der Waals surface area (Å²) in [4.78, 5) is 19.1. The van der Waals surface area contributed by atoms with Gasteiger partial charge in [-0.2, -0.15) is 0 Å². The van der Waals surface area contributed by atoms with Crippen molar-refractivity contribution in [2.24, 2.45) is 0 Å². The lowest BCUT2D eigenvalue weighted by Crippen LogP contribution is -1.94. The number of hydrogen-bond acceptors (Lipinski definition) is 6. The molecule has 0 saturated carbocycles. The number of nitrogens with zero attached hydrogens (tertiary/aromatic N) is 2. The van der Waals surface area contributed by atoms with E-state index < -0.39 is 15.6 Å². The fourth-order valence-corrected chi connectivity index (χ4v) is 1.20. The maximum absolute atomic E-state index is 10.5. The number of nitrogens with one attached hydrogen (secondary N) is 1. The highest BCUT2D eigenvalue weighted by atomic mass is 35.5. The lowest BCUT2D eigenvalue weighted by atomic mass is 10.2. The van der Waals surface area contributed by atoms with Gasteiger partial charge in [0.25, 0.3) is 5.69 Å². The molecule has 17 heavy (non-hydrogen) atoms. The zero-order valence-corrected chi connectivity index (χ0v) is 8.92. The molecule has 0 fully saturated rings. The first-order valence-corrected chi connectivity index (χ1v) is 4.53. The van der Waals surface area contributed by atoms with Gasteiger partial charge < -0.3 is 10.4 Å². The summed E-state index contributed by atoms with van der Waals surface area (Å²) in [5, 5.41) is 32.1. The number of phenolic OH excluding ortho intramolecular Hbond substituents is 1. The van der Waals surface area contributed by atoms with Crippen molar-refractivity contribution in [2.75, 3.05) is 5.32 Å². The van der Waals surface area contributed by atoms with Gasteiger partial charge in [0.05, 0.1) is 26.8 Å². The predicted molar refractivity (Wildman–Crippen MR) is 59.5 cm³/mol. The van der Waals surface area contributed by atoms with Crippen LogP contribution in [-0.2, 0) is 0 Å². The van der Waals surface area contributed by atoms with Crippen molar-refractivity contribution in [1.82, 2.24) is 0 Å². The van der Waals surface area contributed by atoms with E-state index in [2.05, 4.69) is 5.32 Å². The molecule has 0 unspecified atom stereocenters. The molecule has 0 radical (unpaired) electrons. The average molecular weight is 260 g/mol. The average Bonchev–Trinajstić information content (AvgIpc) is 2.23. The van der Waals surface area contributed by atoms with E-state index in [1.165, 1.54) is 0 Å². The summed E-state index contributed by atoms with van der Waals surface area (Å²) in [6.45, 7) is 0. The van der Waals surface area contributed by atoms with Crippen molar-refractivity contribution in [3.8, 4) is 5.75 Å². The molecule has 2 N–H and O–H groups in total. The smallest absolute Gasteiger partial charge is 0.273 e. The normalized spacial score (nSPS) is 10.4. The lowest BCUT2D eigenvalue weighted by Gasteiger charge is -2.04. The molecule has 0 spiro atoms. The van der Waals surface area contributed by atoms with Gasteiger partial charge in [0.2, 0.25) is 6.20 Å². The molecule has 1 aromatic rings. The number of rotatable bonds is 4. The third-order valence-electron chi connectivity index (χ3n) is 1.69. The van der Waals surface area contributed by atoms with Crippen LogP contribution in [0.3, 0.4) is 0 Å². The third kappa shape index (κ3) is 3.31. The Morgan fingerprint density at radius 2 is 2.00 bits per heavy atom.